The molecule has 0 spiro atoms. The van der Waals surface area contributed by atoms with E-state index in [4.69, 9.17) is 0 Å². The number of carbonyl (C=O) groups is 1. The maximum Gasteiger partial charge on any atom is 0.244 e. The van der Waals surface area contributed by atoms with Crippen LogP contribution in [0.4, 0.5) is 0 Å². The molecular weight excluding hydrogens is 368 g/mol. The summed E-state index contributed by atoms with van der Waals surface area (Å²) in [6, 6.07) is 14.4. The number of fused-ring (bicyclic) bond motifs is 1. The molecule has 3 heterocycles. The monoisotopic (exact) mass is 392 g/mol. The summed E-state index contributed by atoms with van der Waals surface area (Å²) in [6.45, 7) is 1.56. The molecular formula is C22H24N4OS. The third-order valence-corrected chi connectivity index (χ3v) is 6.02. The molecule has 1 aromatic carbocycles. The summed E-state index contributed by atoms with van der Waals surface area (Å²) in [5.41, 5.74) is 1.20. The van der Waals surface area contributed by atoms with Crippen LogP contribution < -0.4 is 5.32 Å². The molecule has 0 saturated heterocycles. The second-order valence-electron chi connectivity index (χ2n) is 6.94. The number of nitrogens with zero attached hydrogens (tertiary/aromatic N) is 3. The van der Waals surface area contributed by atoms with E-state index in [0.717, 1.165) is 29.5 Å². The molecule has 0 saturated carbocycles. The minimum absolute atomic E-state index is 0.0785. The standard InChI is InChI=1S/C22H24N4OS/c27-22(13-11-18-10-12-19(28-18)17-7-3-1-4-8-17)23-15-14-21-25-24-20-9-5-2-6-16-26(20)21/h1,3-4,7-8,10-13H,2,5-6,9,14-16H2,(H,23,27)/b13-11+. The minimum Gasteiger partial charge on any atom is -0.352 e. The van der Waals surface area contributed by atoms with Gasteiger partial charge in [0.05, 0.1) is 0 Å². The van der Waals surface area contributed by atoms with Gasteiger partial charge in [0.25, 0.3) is 0 Å². The first kappa shape index (κ1) is 18.6. The van der Waals surface area contributed by atoms with Gasteiger partial charge < -0.3 is 9.88 Å². The van der Waals surface area contributed by atoms with Crippen molar-refractivity contribution in [3.8, 4) is 10.4 Å². The first-order chi connectivity index (χ1) is 13.8. The first-order valence-corrected chi connectivity index (χ1v) is 10.6. The highest BCUT2D eigenvalue weighted by molar-refractivity contribution is 7.16. The van der Waals surface area contributed by atoms with Gasteiger partial charge in [-0.05, 0) is 36.6 Å². The SMILES string of the molecule is O=C(/C=C/c1ccc(-c2ccccc2)s1)NCCc1nnc2n1CCCCC2. The Morgan fingerprint density at radius 1 is 1.11 bits per heavy atom. The fourth-order valence-corrected chi connectivity index (χ4v) is 4.36. The molecule has 0 fully saturated rings. The minimum atomic E-state index is -0.0785. The molecule has 1 aliphatic heterocycles. The second-order valence-corrected chi connectivity index (χ2v) is 8.05. The van der Waals surface area contributed by atoms with Crippen molar-refractivity contribution in [2.75, 3.05) is 6.54 Å². The fourth-order valence-electron chi connectivity index (χ4n) is 3.44. The highest BCUT2D eigenvalue weighted by atomic mass is 32.1. The molecule has 0 radical (unpaired) electrons. The zero-order valence-electron chi connectivity index (χ0n) is 15.8. The maximum absolute atomic E-state index is 12.1. The molecule has 0 atom stereocenters. The molecule has 144 valence electrons. The molecule has 1 amide bonds. The van der Waals surface area contributed by atoms with Crippen LogP contribution in [0.2, 0.25) is 0 Å². The lowest BCUT2D eigenvalue weighted by atomic mass is 10.2. The molecule has 28 heavy (non-hydrogen) atoms. The van der Waals surface area contributed by atoms with Crippen molar-refractivity contribution in [1.29, 1.82) is 0 Å². The number of rotatable bonds is 6. The Balaban J connectivity index is 1.28. The van der Waals surface area contributed by atoms with E-state index in [1.807, 2.05) is 30.3 Å². The van der Waals surface area contributed by atoms with Crippen LogP contribution in [0.5, 0.6) is 0 Å². The zero-order chi connectivity index (χ0) is 19.2. The summed E-state index contributed by atoms with van der Waals surface area (Å²) < 4.78 is 2.23. The lowest BCUT2D eigenvalue weighted by Gasteiger charge is -2.07. The summed E-state index contributed by atoms with van der Waals surface area (Å²) >= 11 is 1.68. The molecule has 0 aliphatic carbocycles. The van der Waals surface area contributed by atoms with Crippen LogP contribution >= 0.6 is 11.3 Å². The van der Waals surface area contributed by atoms with E-state index in [-0.39, 0.29) is 5.91 Å². The van der Waals surface area contributed by atoms with E-state index in [1.54, 1.807) is 17.4 Å². The van der Waals surface area contributed by atoms with Crippen molar-refractivity contribution in [2.45, 2.75) is 38.6 Å². The van der Waals surface area contributed by atoms with Gasteiger partial charge >= 0.3 is 0 Å². The van der Waals surface area contributed by atoms with E-state index in [0.29, 0.717) is 13.0 Å². The van der Waals surface area contributed by atoms with Crippen molar-refractivity contribution >= 4 is 23.3 Å². The van der Waals surface area contributed by atoms with E-state index < -0.39 is 0 Å². The van der Waals surface area contributed by atoms with E-state index in [2.05, 4.69) is 38.3 Å². The lowest BCUT2D eigenvalue weighted by molar-refractivity contribution is -0.116. The number of hydrogen-bond donors (Lipinski definition) is 1. The van der Waals surface area contributed by atoms with Crippen LogP contribution in [-0.2, 0) is 24.2 Å². The smallest absolute Gasteiger partial charge is 0.244 e. The fraction of sp³-hybridized carbons (Fsp3) is 0.318. The Labute approximate surface area is 169 Å². The Bertz CT molecular complexity index is 958. The van der Waals surface area contributed by atoms with Gasteiger partial charge in [-0.25, -0.2) is 0 Å². The number of aryl methyl sites for hydroxylation is 1. The number of amides is 1. The normalized spacial score (nSPS) is 14.0. The van der Waals surface area contributed by atoms with E-state index in [9.17, 15) is 4.79 Å². The van der Waals surface area contributed by atoms with Crippen molar-refractivity contribution in [3.63, 3.8) is 0 Å². The molecule has 1 aliphatic rings. The van der Waals surface area contributed by atoms with Crippen molar-refractivity contribution in [2.24, 2.45) is 0 Å². The van der Waals surface area contributed by atoms with Crippen LogP contribution in [0.15, 0.2) is 48.5 Å². The van der Waals surface area contributed by atoms with Crippen molar-refractivity contribution in [1.82, 2.24) is 20.1 Å². The molecule has 4 rings (SSSR count). The van der Waals surface area contributed by atoms with E-state index in [1.165, 1.54) is 29.7 Å². The molecule has 6 heteroatoms. The predicted octanol–water partition coefficient (Wildman–Crippen LogP) is 4.11. The number of benzene rings is 1. The van der Waals surface area contributed by atoms with Gasteiger partial charge in [-0.3, -0.25) is 4.79 Å². The summed E-state index contributed by atoms with van der Waals surface area (Å²) in [5, 5.41) is 11.6. The molecule has 2 aromatic heterocycles. The summed E-state index contributed by atoms with van der Waals surface area (Å²) in [5.74, 6) is 1.99. The van der Waals surface area contributed by atoms with Gasteiger partial charge in [0.1, 0.15) is 11.6 Å². The highest BCUT2D eigenvalue weighted by Gasteiger charge is 2.14. The van der Waals surface area contributed by atoms with Crippen LogP contribution in [0, 0.1) is 0 Å². The quantitative estimate of drug-likeness (QED) is 0.643. The lowest BCUT2D eigenvalue weighted by Crippen LogP contribution is -2.24. The molecule has 0 unspecified atom stereocenters. The molecule has 1 N–H and O–H groups in total. The number of aromatic nitrogens is 3. The van der Waals surface area contributed by atoms with Gasteiger partial charge in [-0.15, -0.1) is 21.5 Å². The maximum atomic E-state index is 12.1. The summed E-state index contributed by atoms with van der Waals surface area (Å²) in [4.78, 5) is 14.4. The first-order valence-electron chi connectivity index (χ1n) is 9.82. The van der Waals surface area contributed by atoms with Crippen LogP contribution in [0.3, 0.4) is 0 Å². The van der Waals surface area contributed by atoms with Crippen molar-refractivity contribution in [3.05, 3.63) is 65.1 Å². The van der Waals surface area contributed by atoms with E-state index >= 15 is 0 Å². The van der Waals surface area contributed by atoms with Gasteiger partial charge in [-0.2, -0.15) is 0 Å². The second kappa shape index (κ2) is 8.97. The Kier molecular flexibility index (Phi) is 5.97. The average molecular weight is 393 g/mol. The Morgan fingerprint density at radius 2 is 2.00 bits per heavy atom. The van der Waals surface area contributed by atoms with Gasteiger partial charge in [-0.1, -0.05) is 36.8 Å². The summed E-state index contributed by atoms with van der Waals surface area (Å²) in [6.07, 6.45) is 8.81. The number of hydrogen-bond acceptors (Lipinski definition) is 4. The molecule has 0 bridgehead atoms. The van der Waals surface area contributed by atoms with Gasteiger partial charge in [0, 0.05) is 41.8 Å². The highest BCUT2D eigenvalue weighted by Crippen LogP contribution is 2.28. The molecule has 5 nitrogen and oxygen atoms in total. The number of nitrogens with one attached hydrogen (secondary N) is 1. The average Bonchev–Trinajstić information content (AvgIpc) is 3.28. The molecule has 3 aromatic rings. The number of carbonyl (C=O) groups excluding carboxylic acids is 1. The largest absolute Gasteiger partial charge is 0.352 e. The van der Waals surface area contributed by atoms with Crippen molar-refractivity contribution < 1.29 is 4.79 Å². The summed E-state index contributed by atoms with van der Waals surface area (Å²) in [7, 11) is 0. The third-order valence-electron chi connectivity index (χ3n) is 4.92. The van der Waals surface area contributed by atoms with Gasteiger partial charge in [0.2, 0.25) is 5.91 Å². The Hall–Kier alpha value is -2.73. The van der Waals surface area contributed by atoms with Gasteiger partial charge in [0.15, 0.2) is 0 Å². The third kappa shape index (κ3) is 4.57. The number of thiophene rings is 1. The Morgan fingerprint density at radius 3 is 2.89 bits per heavy atom. The van der Waals surface area contributed by atoms with Crippen LogP contribution in [0.1, 0.15) is 35.8 Å². The topological polar surface area (TPSA) is 59.8 Å². The zero-order valence-corrected chi connectivity index (χ0v) is 16.6. The van der Waals surface area contributed by atoms with Crippen LogP contribution in [0.25, 0.3) is 16.5 Å². The predicted molar refractivity (Wildman–Crippen MR) is 113 cm³/mol. The van der Waals surface area contributed by atoms with Crippen LogP contribution in [-0.4, -0.2) is 27.2 Å².